The first-order chi connectivity index (χ1) is 16.1. The minimum absolute atomic E-state index is 0.00400. The molecule has 3 heterocycles. The Labute approximate surface area is 197 Å². The molecular formula is C25H26N4O3S. The highest BCUT2D eigenvalue weighted by Crippen LogP contribution is 2.24. The third kappa shape index (κ3) is 4.62. The quantitative estimate of drug-likeness (QED) is 0.610. The number of hydrogen-bond acceptors (Lipinski definition) is 6. The lowest BCUT2D eigenvalue weighted by Gasteiger charge is -2.45. The van der Waals surface area contributed by atoms with Crippen molar-refractivity contribution in [1.82, 2.24) is 20.1 Å². The highest BCUT2D eigenvalue weighted by molar-refractivity contribution is 7.09. The van der Waals surface area contributed by atoms with Gasteiger partial charge in [-0.1, -0.05) is 42.5 Å². The number of nitrogens with one attached hydrogen (secondary N) is 1. The average Bonchev–Trinajstić information content (AvgIpc) is 3.32. The molecule has 2 aromatic carbocycles. The molecule has 170 valence electrons. The Balaban J connectivity index is 1.21. The Morgan fingerprint density at radius 2 is 1.88 bits per heavy atom. The van der Waals surface area contributed by atoms with E-state index in [9.17, 15) is 9.59 Å². The fourth-order valence-electron chi connectivity index (χ4n) is 4.45. The zero-order chi connectivity index (χ0) is 22.8. The van der Waals surface area contributed by atoms with Crippen molar-refractivity contribution >= 4 is 23.2 Å². The van der Waals surface area contributed by atoms with Crippen LogP contribution in [0.25, 0.3) is 11.3 Å². The number of carbonyl (C=O) groups is 2. The molecule has 0 spiro atoms. The van der Waals surface area contributed by atoms with Crippen LogP contribution in [0.1, 0.15) is 10.6 Å². The van der Waals surface area contributed by atoms with Crippen LogP contribution in [0.3, 0.4) is 0 Å². The number of hydrogen-bond donors (Lipinski definition) is 1. The van der Waals surface area contributed by atoms with Gasteiger partial charge in [0.2, 0.25) is 11.8 Å². The number of aromatic nitrogens is 1. The van der Waals surface area contributed by atoms with Crippen LogP contribution < -0.4 is 10.1 Å². The second kappa shape index (κ2) is 9.33. The van der Waals surface area contributed by atoms with E-state index in [0.29, 0.717) is 26.1 Å². The van der Waals surface area contributed by atoms with Crippen molar-refractivity contribution in [2.45, 2.75) is 25.0 Å². The molecule has 1 N–H and O–H groups in total. The molecule has 1 aromatic heterocycles. The standard InChI is InChI=1S/C25H26N4O3S/c1-32-19-9-7-17(8-10-19)13-20-25(31)29-12-11-28(14-22(29)24(30)27-20)15-23-26-21(16-33-23)18-5-3-2-4-6-18/h2-10,16,20,22H,11-15H2,1H3,(H,27,30)/t20-,22+/m0/s1. The maximum absolute atomic E-state index is 13.1. The number of benzene rings is 2. The van der Waals surface area contributed by atoms with E-state index in [-0.39, 0.29) is 11.8 Å². The number of amides is 2. The summed E-state index contributed by atoms with van der Waals surface area (Å²) in [5.41, 5.74) is 3.07. The monoisotopic (exact) mass is 462 g/mol. The van der Waals surface area contributed by atoms with Crippen LogP contribution in [0, 0.1) is 0 Å². The Morgan fingerprint density at radius 1 is 1.09 bits per heavy atom. The molecule has 5 rings (SSSR count). The van der Waals surface area contributed by atoms with Gasteiger partial charge >= 0.3 is 0 Å². The van der Waals surface area contributed by atoms with Gasteiger partial charge in [-0.2, -0.15) is 0 Å². The predicted molar refractivity (Wildman–Crippen MR) is 127 cm³/mol. The molecule has 2 amide bonds. The molecule has 0 saturated carbocycles. The number of rotatable bonds is 6. The third-order valence-corrected chi connectivity index (χ3v) is 7.08. The van der Waals surface area contributed by atoms with Crippen molar-refractivity contribution in [2.75, 3.05) is 26.7 Å². The van der Waals surface area contributed by atoms with Gasteiger partial charge in [0.05, 0.1) is 19.3 Å². The molecule has 8 heteroatoms. The highest BCUT2D eigenvalue weighted by Gasteiger charge is 2.43. The number of methoxy groups -OCH3 is 1. The molecule has 0 bridgehead atoms. The molecule has 2 atom stereocenters. The lowest BCUT2D eigenvalue weighted by atomic mass is 9.98. The first-order valence-corrected chi connectivity index (χ1v) is 11.9. The summed E-state index contributed by atoms with van der Waals surface area (Å²) in [6.07, 6.45) is 0.475. The van der Waals surface area contributed by atoms with Gasteiger partial charge in [0.15, 0.2) is 0 Å². The van der Waals surface area contributed by atoms with E-state index in [4.69, 9.17) is 9.72 Å². The largest absolute Gasteiger partial charge is 0.497 e. The van der Waals surface area contributed by atoms with Gasteiger partial charge in [-0.15, -0.1) is 11.3 Å². The molecule has 3 aromatic rings. The highest BCUT2D eigenvalue weighted by atomic mass is 32.1. The number of fused-ring (bicyclic) bond motifs is 1. The van der Waals surface area contributed by atoms with Crippen LogP contribution in [-0.2, 0) is 22.6 Å². The van der Waals surface area contributed by atoms with Crippen molar-refractivity contribution in [3.05, 3.63) is 70.5 Å². The Hall–Kier alpha value is -3.23. The van der Waals surface area contributed by atoms with Crippen molar-refractivity contribution in [2.24, 2.45) is 0 Å². The molecule has 2 aliphatic heterocycles. The molecule has 7 nitrogen and oxygen atoms in total. The van der Waals surface area contributed by atoms with Gasteiger partial charge in [0.25, 0.3) is 0 Å². The lowest BCUT2D eigenvalue weighted by Crippen LogP contribution is -2.69. The number of carbonyl (C=O) groups excluding carboxylic acids is 2. The average molecular weight is 463 g/mol. The van der Waals surface area contributed by atoms with E-state index in [1.54, 1.807) is 23.3 Å². The number of nitrogens with zero attached hydrogens (tertiary/aromatic N) is 3. The topological polar surface area (TPSA) is 74.8 Å². The predicted octanol–water partition coefficient (Wildman–Crippen LogP) is 2.57. The lowest BCUT2D eigenvalue weighted by molar-refractivity contribution is -0.153. The summed E-state index contributed by atoms with van der Waals surface area (Å²) < 4.78 is 5.19. The van der Waals surface area contributed by atoms with E-state index < -0.39 is 12.1 Å². The van der Waals surface area contributed by atoms with Gasteiger partial charge in [-0.3, -0.25) is 14.5 Å². The number of piperazine rings is 2. The molecular weight excluding hydrogens is 436 g/mol. The maximum atomic E-state index is 13.1. The number of thiazole rings is 1. The molecule has 0 aliphatic carbocycles. The first kappa shape index (κ1) is 21.6. The van der Waals surface area contributed by atoms with Gasteiger partial charge < -0.3 is 15.0 Å². The van der Waals surface area contributed by atoms with E-state index in [2.05, 4.69) is 27.7 Å². The summed E-state index contributed by atoms with van der Waals surface area (Å²) in [6.45, 7) is 2.48. The minimum Gasteiger partial charge on any atom is -0.497 e. The van der Waals surface area contributed by atoms with E-state index in [0.717, 1.165) is 34.1 Å². The fraction of sp³-hybridized carbons (Fsp3) is 0.320. The van der Waals surface area contributed by atoms with Gasteiger partial charge in [-0.05, 0) is 17.7 Å². The molecule has 33 heavy (non-hydrogen) atoms. The second-order valence-corrected chi connectivity index (χ2v) is 9.33. The zero-order valence-corrected chi connectivity index (χ0v) is 19.3. The van der Waals surface area contributed by atoms with Crippen molar-refractivity contribution in [3.63, 3.8) is 0 Å². The van der Waals surface area contributed by atoms with Crippen LogP contribution in [0.5, 0.6) is 5.75 Å². The van der Waals surface area contributed by atoms with Crippen LogP contribution in [-0.4, -0.2) is 65.4 Å². The minimum atomic E-state index is -0.527. The van der Waals surface area contributed by atoms with Crippen molar-refractivity contribution in [3.8, 4) is 17.0 Å². The van der Waals surface area contributed by atoms with Gasteiger partial charge in [-0.25, -0.2) is 4.98 Å². The van der Waals surface area contributed by atoms with Gasteiger partial charge in [0.1, 0.15) is 22.8 Å². The number of ether oxygens (including phenoxy) is 1. The summed E-state index contributed by atoms with van der Waals surface area (Å²) in [5, 5.41) is 6.04. The molecule has 2 saturated heterocycles. The zero-order valence-electron chi connectivity index (χ0n) is 18.4. The van der Waals surface area contributed by atoms with Crippen molar-refractivity contribution < 1.29 is 14.3 Å². The van der Waals surface area contributed by atoms with E-state index >= 15 is 0 Å². The summed E-state index contributed by atoms with van der Waals surface area (Å²) in [6, 6.07) is 16.7. The van der Waals surface area contributed by atoms with Gasteiger partial charge in [0, 0.05) is 37.0 Å². The smallest absolute Gasteiger partial charge is 0.246 e. The van der Waals surface area contributed by atoms with Crippen LogP contribution >= 0.6 is 11.3 Å². The van der Waals surface area contributed by atoms with Crippen molar-refractivity contribution in [1.29, 1.82) is 0 Å². The summed E-state index contributed by atoms with van der Waals surface area (Å²) in [4.78, 5) is 34.7. The fourth-order valence-corrected chi connectivity index (χ4v) is 5.30. The second-order valence-electron chi connectivity index (χ2n) is 8.39. The third-order valence-electron chi connectivity index (χ3n) is 6.24. The van der Waals surface area contributed by atoms with Crippen LogP contribution in [0.2, 0.25) is 0 Å². The summed E-state index contributed by atoms with van der Waals surface area (Å²) >= 11 is 1.63. The summed E-state index contributed by atoms with van der Waals surface area (Å²) in [5.74, 6) is 0.683. The molecule has 2 aliphatic rings. The SMILES string of the molecule is COc1ccc(C[C@@H]2NC(=O)[C@H]3CN(Cc4nc(-c5ccccc5)cs4)CCN3C2=O)cc1. The van der Waals surface area contributed by atoms with E-state index in [1.165, 1.54) is 0 Å². The van der Waals surface area contributed by atoms with Crippen LogP contribution in [0.4, 0.5) is 0 Å². The Kier molecular flexibility index (Phi) is 6.11. The normalized spacial score (nSPS) is 20.9. The van der Waals surface area contributed by atoms with E-state index in [1.807, 2.05) is 42.5 Å². The maximum Gasteiger partial charge on any atom is 0.246 e. The Morgan fingerprint density at radius 3 is 2.64 bits per heavy atom. The van der Waals surface area contributed by atoms with Crippen LogP contribution in [0.15, 0.2) is 60.0 Å². The Bertz CT molecular complexity index is 1130. The summed E-state index contributed by atoms with van der Waals surface area (Å²) in [7, 11) is 1.62. The molecule has 2 fully saturated rings. The molecule has 0 unspecified atom stereocenters. The molecule has 0 radical (unpaired) electrons. The first-order valence-electron chi connectivity index (χ1n) is 11.1.